The summed E-state index contributed by atoms with van der Waals surface area (Å²) in [4.78, 5) is 14.6. The number of esters is 1. The van der Waals surface area contributed by atoms with Gasteiger partial charge in [-0.2, -0.15) is 0 Å². The molecule has 0 aliphatic carbocycles. The van der Waals surface area contributed by atoms with Gasteiger partial charge in [-0.15, -0.1) is 11.3 Å². The maximum Gasteiger partial charge on any atom is 0.348 e. The zero-order valence-electron chi connectivity index (χ0n) is 14.3. The third kappa shape index (κ3) is 3.07. The number of hydrogen-bond donors (Lipinski definition) is 0. The molecule has 4 heteroatoms. The number of rotatable bonds is 4. The Kier molecular flexibility index (Phi) is 4.42. The number of para-hydroxylation sites is 1. The number of fused-ring (bicyclic) bond motifs is 1. The first-order valence-corrected chi connectivity index (χ1v) is 9.10. The van der Waals surface area contributed by atoms with Crippen LogP contribution in [-0.2, 0) is 4.74 Å². The van der Waals surface area contributed by atoms with Gasteiger partial charge in [-0.3, -0.25) is 0 Å². The zero-order chi connectivity index (χ0) is 17.9. The topological polar surface area (TPSA) is 29.5 Å². The van der Waals surface area contributed by atoms with Crippen molar-refractivity contribution in [2.45, 2.75) is 0 Å². The first-order chi connectivity index (χ1) is 12.8. The highest BCUT2D eigenvalue weighted by Crippen LogP contribution is 2.39. The predicted octanol–water partition coefficient (Wildman–Crippen LogP) is 6.16. The fourth-order valence-corrected chi connectivity index (χ4v) is 3.92. The molecule has 0 atom stereocenters. The molecule has 0 unspecified atom stereocenters. The summed E-state index contributed by atoms with van der Waals surface area (Å²) in [7, 11) is 1.40. The summed E-state index contributed by atoms with van der Waals surface area (Å²) < 4.78 is 4.85. The van der Waals surface area contributed by atoms with Gasteiger partial charge in [0.25, 0.3) is 0 Å². The van der Waals surface area contributed by atoms with Crippen LogP contribution in [0.25, 0.3) is 10.8 Å². The van der Waals surface area contributed by atoms with Gasteiger partial charge in [0.05, 0.1) is 7.11 Å². The van der Waals surface area contributed by atoms with Crippen molar-refractivity contribution in [3.63, 3.8) is 0 Å². The molecule has 26 heavy (non-hydrogen) atoms. The van der Waals surface area contributed by atoms with Gasteiger partial charge in [0.1, 0.15) is 9.88 Å². The molecule has 0 bridgehead atoms. The quantitative estimate of drug-likeness (QED) is 0.409. The van der Waals surface area contributed by atoms with E-state index in [9.17, 15) is 4.79 Å². The van der Waals surface area contributed by atoms with E-state index < -0.39 is 0 Å². The molecule has 0 fully saturated rings. The van der Waals surface area contributed by atoms with Crippen molar-refractivity contribution in [3.8, 4) is 0 Å². The minimum Gasteiger partial charge on any atom is -0.465 e. The lowest BCUT2D eigenvalue weighted by molar-refractivity contribution is 0.0606. The average Bonchev–Trinajstić information content (AvgIpc) is 3.18. The van der Waals surface area contributed by atoms with E-state index in [2.05, 4.69) is 47.4 Å². The Hall–Kier alpha value is -3.11. The van der Waals surface area contributed by atoms with Gasteiger partial charge in [0.2, 0.25) is 0 Å². The molecule has 4 rings (SSSR count). The maximum atomic E-state index is 11.9. The average molecular weight is 359 g/mol. The lowest BCUT2D eigenvalue weighted by atomic mass is 10.1. The molecular weight excluding hydrogens is 342 g/mol. The number of methoxy groups -OCH3 is 1. The summed E-state index contributed by atoms with van der Waals surface area (Å²) in [6.45, 7) is 0. The van der Waals surface area contributed by atoms with Gasteiger partial charge in [0.15, 0.2) is 0 Å². The highest BCUT2D eigenvalue weighted by Gasteiger charge is 2.17. The second-order valence-corrected chi connectivity index (χ2v) is 6.89. The third-order valence-corrected chi connectivity index (χ3v) is 5.25. The van der Waals surface area contributed by atoms with Gasteiger partial charge in [0, 0.05) is 11.4 Å². The van der Waals surface area contributed by atoms with Gasteiger partial charge in [-0.1, -0.05) is 48.5 Å². The van der Waals surface area contributed by atoms with E-state index in [0.29, 0.717) is 4.88 Å². The summed E-state index contributed by atoms with van der Waals surface area (Å²) in [6.07, 6.45) is 0. The van der Waals surface area contributed by atoms with E-state index in [1.165, 1.54) is 29.2 Å². The molecule has 0 radical (unpaired) electrons. The van der Waals surface area contributed by atoms with Crippen LogP contribution in [0.2, 0.25) is 0 Å². The van der Waals surface area contributed by atoms with Crippen molar-refractivity contribution in [3.05, 3.63) is 89.8 Å². The van der Waals surface area contributed by atoms with Crippen molar-refractivity contribution in [1.82, 2.24) is 0 Å². The number of carbonyl (C=O) groups excluding carboxylic acids is 1. The molecule has 128 valence electrons. The largest absolute Gasteiger partial charge is 0.465 e. The van der Waals surface area contributed by atoms with Crippen LogP contribution in [-0.4, -0.2) is 13.1 Å². The van der Waals surface area contributed by atoms with Gasteiger partial charge >= 0.3 is 5.97 Å². The summed E-state index contributed by atoms with van der Waals surface area (Å²) >= 11 is 1.42. The molecule has 0 aliphatic rings. The Morgan fingerprint density at radius 2 is 1.54 bits per heavy atom. The molecule has 3 nitrogen and oxygen atoms in total. The molecule has 0 spiro atoms. The molecule has 0 saturated carbocycles. The summed E-state index contributed by atoms with van der Waals surface area (Å²) in [5, 5.41) is 3.34. The standard InChI is InChI=1S/C22H17NO2S/c1-25-22(24)20-13-14-21(26-20)23(18-9-3-2-4-10-18)19-12-11-16-7-5-6-8-17(16)15-19/h2-15H,1H3. The van der Waals surface area contributed by atoms with E-state index >= 15 is 0 Å². The van der Waals surface area contributed by atoms with Gasteiger partial charge < -0.3 is 9.64 Å². The van der Waals surface area contributed by atoms with Crippen LogP contribution in [0.15, 0.2) is 84.9 Å². The van der Waals surface area contributed by atoms with Crippen LogP contribution in [0, 0.1) is 0 Å². The van der Waals surface area contributed by atoms with Gasteiger partial charge in [-0.05, 0) is 47.2 Å². The summed E-state index contributed by atoms with van der Waals surface area (Å²) in [5.41, 5.74) is 2.09. The lowest BCUT2D eigenvalue weighted by Crippen LogP contribution is -2.08. The Bertz CT molecular complexity index is 1060. The molecule has 1 heterocycles. The first-order valence-electron chi connectivity index (χ1n) is 8.28. The number of ether oxygens (including phenoxy) is 1. The fraction of sp³-hybridized carbons (Fsp3) is 0.0455. The molecule has 0 N–H and O–H groups in total. The molecule has 3 aromatic carbocycles. The Morgan fingerprint density at radius 3 is 2.31 bits per heavy atom. The number of anilines is 3. The van der Waals surface area contributed by atoms with Crippen LogP contribution in [0.4, 0.5) is 16.4 Å². The second-order valence-electron chi connectivity index (χ2n) is 5.83. The SMILES string of the molecule is COC(=O)c1ccc(N(c2ccccc2)c2ccc3ccccc3c2)s1. The van der Waals surface area contributed by atoms with Crippen LogP contribution < -0.4 is 4.90 Å². The van der Waals surface area contributed by atoms with Crippen molar-refractivity contribution in [1.29, 1.82) is 0 Å². The van der Waals surface area contributed by atoms with Crippen molar-refractivity contribution < 1.29 is 9.53 Å². The zero-order valence-corrected chi connectivity index (χ0v) is 15.1. The summed E-state index contributed by atoms with van der Waals surface area (Å²) in [6, 6.07) is 28.6. The molecule has 1 aromatic heterocycles. The van der Waals surface area contributed by atoms with E-state index in [4.69, 9.17) is 4.74 Å². The van der Waals surface area contributed by atoms with Crippen LogP contribution in [0.3, 0.4) is 0 Å². The van der Waals surface area contributed by atoms with Gasteiger partial charge in [-0.25, -0.2) is 4.79 Å². The maximum absolute atomic E-state index is 11.9. The monoisotopic (exact) mass is 359 g/mol. The third-order valence-electron chi connectivity index (χ3n) is 4.20. The van der Waals surface area contributed by atoms with Crippen LogP contribution >= 0.6 is 11.3 Å². The number of benzene rings is 3. The summed E-state index contributed by atoms with van der Waals surface area (Å²) in [5.74, 6) is -0.312. The predicted molar refractivity (Wildman–Crippen MR) is 108 cm³/mol. The number of carbonyl (C=O) groups is 1. The number of thiophene rings is 1. The van der Waals surface area contributed by atoms with E-state index in [1.807, 2.05) is 42.5 Å². The van der Waals surface area contributed by atoms with Crippen molar-refractivity contribution >= 4 is 44.5 Å². The van der Waals surface area contributed by atoms with Crippen LogP contribution in [0.1, 0.15) is 9.67 Å². The number of nitrogens with zero attached hydrogens (tertiary/aromatic N) is 1. The lowest BCUT2D eigenvalue weighted by Gasteiger charge is -2.24. The molecule has 0 amide bonds. The highest BCUT2D eigenvalue weighted by atomic mass is 32.1. The normalized spacial score (nSPS) is 10.7. The Morgan fingerprint density at radius 1 is 0.808 bits per heavy atom. The van der Waals surface area contributed by atoms with E-state index in [-0.39, 0.29) is 5.97 Å². The molecule has 4 aromatic rings. The van der Waals surface area contributed by atoms with Crippen molar-refractivity contribution in [2.75, 3.05) is 12.0 Å². The minimum atomic E-state index is -0.312. The Balaban J connectivity index is 1.85. The van der Waals surface area contributed by atoms with E-state index in [0.717, 1.165) is 16.4 Å². The molecular formula is C22H17NO2S. The molecule has 0 aliphatic heterocycles. The van der Waals surface area contributed by atoms with Crippen molar-refractivity contribution in [2.24, 2.45) is 0 Å². The Labute approximate surface area is 156 Å². The smallest absolute Gasteiger partial charge is 0.348 e. The number of hydrogen-bond acceptors (Lipinski definition) is 4. The fourth-order valence-electron chi connectivity index (χ4n) is 2.95. The molecule has 0 saturated heterocycles. The highest BCUT2D eigenvalue weighted by molar-refractivity contribution is 7.18. The van der Waals surface area contributed by atoms with Crippen LogP contribution in [0.5, 0.6) is 0 Å². The second kappa shape index (κ2) is 7.02. The van der Waals surface area contributed by atoms with E-state index in [1.54, 1.807) is 0 Å². The minimum absolute atomic E-state index is 0.312. The first kappa shape index (κ1) is 16.4.